The molecule has 5 rings (SSSR count). The summed E-state index contributed by atoms with van der Waals surface area (Å²) in [6, 6.07) is 11.3. The molecule has 174 valence electrons. The van der Waals surface area contributed by atoms with Gasteiger partial charge in [0.15, 0.2) is 5.78 Å². The van der Waals surface area contributed by atoms with Crippen LogP contribution in [0.15, 0.2) is 36.4 Å². The van der Waals surface area contributed by atoms with Crippen molar-refractivity contribution in [3.63, 3.8) is 0 Å². The van der Waals surface area contributed by atoms with E-state index in [0.717, 1.165) is 67.2 Å². The highest BCUT2D eigenvalue weighted by Crippen LogP contribution is 2.42. The van der Waals surface area contributed by atoms with E-state index in [-0.39, 0.29) is 11.8 Å². The lowest BCUT2D eigenvalue weighted by Gasteiger charge is -2.32. The van der Waals surface area contributed by atoms with Crippen LogP contribution in [0.4, 0.5) is 0 Å². The predicted molar refractivity (Wildman–Crippen MR) is 128 cm³/mol. The Labute approximate surface area is 194 Å². The zero-order valence-electron chi connectivity index (χ0n) is 19.5. The number of carbonyl (C=O) groups is 1. The molecule has 1 fully saturated rings. The van der Waals surface area contributed by atoms with Crippen LogP contribution in [0.25, 0.3) is 10.9 Å². The summed E-state index contributed by atoms with van der Waals surface area (Å²) in [6.45, 7) is 7.68. The lowest BCUT2D eigenvalue weighted by Crippen LogP contribution is -2.37. The Kier molecular flexibility index (Phi) is 6.00. The molecule has 0 aliphatic carbocycles. The lowest BCUT2D eigenvalue weighted by molar-refractivity contribution is 0.103. The first-order chi connectivity index (χ1) is 16.1. The van der Waals surface area contributed by atoms with E-state index in [9.17, 15) is 4.79 Å². The highest BCUT2D eigenvalue weighted by atomic mass is 16.5. The Morgan fingerprint density at radius 2 is 1.88 bits per heavy atom. The van der Waals surface area contributed by atoms with E-state index in [1.54, 1.807) is 14.2 Å². The van der Waals surface area contributed by atoms with Gasteiger partial charge in [-0.1, -0.05) is 0 Å². The molecule has 0 radical (unpaired) electrons. The molecule has 1 N–H and O–H groups in total. The van der Waals surface area contributed by atoms with Gasteiger partial charge >= 0.3 is 0 Å². The lowest BCUT2D eigenvalue weighted by atomic mass is 10.00. The summed E-state index contributed by atoms with van der Waals surface area (Å²) < 4.78 is 19.4. The monoisotopic (exact) mass is 449 g/mol. The molecule has 1 atom stereocenters. The molecule has 2 aromatic carbocycles. The summed E-state index contributed by atoms with van der Waals surface area (Å²) >= 11 is 0. The van der Waals surface area contributed by atoms with Gasteiger partial charge in [-0.15, -0.1) is 0 Å². The zero-order valence-corrected chi connectivity index (χ0v) is 19.5. The third kappa shape index (κ3) is 3.96. The molecular weight excluding hydrogens is 418 g/mol. The Morgan fingerprint density at radius 1 is 1.09 bits per heavy atom. The number of nitrogens with zero attached hydrogens (tertiary/aromatic N) is 2. The fourth-order valence-electron chi connectivity index (χ4n) is 5.14. The normalized spacial score (nSPS) is 18.6. The first kappa shape index (κ1) is 21.8. The average Bonchev–Trinajstić information content (AvgIpc) is 2.98. The van der Waals surface area contributed by atoms with Crippen LogP contribution < -0.4 is 19.5 Å². The smallest absolute Gasteiger partial charge is 0.195 e. The van der Waals surface area contributed by atoms with Crippen LogP contribution in [0.1, 0.15) is 34.1 Å². The van der Waals surface area contributed by atoms with Crippen molar-refractivity contribution in [1.82, 2.24) is 14.8 Å². The van der Waals surface area contributed by atoms with Crippen molar-refractivity contribution in [2.75, 3.05) is 53.6 Å². The number of ketones is 1. The Balaban J connectivity index is 1.60. The molecule has 1 unspecified atom stereocenters. The number of hydrogen-bond donors (Lipinski definition) is 1. The summed E-state index contributed by atoms with van der Waals surface area (Å²) in [6.07, 6.45) is 1.14. The van der Waals surface area contributed by atoms with Gasteiger partial charge in [-0.2, -0.15) is 0 Å². The average molecular weight is 450 g/mol. The van der Waals surface area contributed by atoms with E-state index in [1.165, 1.54) is 0 Å². The molecule has 33 heavy (non-hydrogen) atoms. The van der Waals surface area contributed by atoms with Gasteiger partial charge in [-0.3, -0.25) is 9.69 Å². The van der Waals surface area contributed by atoms with Crippen LogP contribution in [-0.4, -0.2) is 68.8 Å². The molecule has 7 nitrogen and oxygen atoms in total. The maximum absolute atomic E-state index is 13.7. The number of aromatic nitrogens is 1. The van der Waals surface area contributed by atoms with Crippen LogP contribution in [0.5, 0.6) is 17.2 Å². The maximum atomic E-state index is 13.7. The van der Waals surface area contributed by atoms with Crippen molar-refractivity contribution in [3.05, 3.63) is 53.2 Å². The Hall–Kier alpha value is -3.03. The second-order valence-electron chi connectivity index (χ2n) is 8.78. The second-order valence-corrected chi connectivity index (χ2v) is 8.78. The minimum absolute atomic E-state index is 0.00210. The Bertz CT molecular complexity index is 1160. The maximum Gasteiger partial charge on any atom is 0.195 e. The van der Waals surface area contributed by atoms with E-state index in [2.05, 4.69) is 21.7 Å². The highest BCUT2D eigenvalue weighted by Gasteiger charge is 2.32. The zero-order chi connectivity index (χ0) is 22.9. The number of rotatable bonds is 6. The van der Waals surface area contributed by atoms with Gasteiger partial charge in [0.2, 0.25) is 0 Å². The molecule has 0 spiro atoms. The molecule has 7 heteroatoms. The van der Waals surface area contributed by atoms with Crippen molar-refractivity contribution < 1.29 is 19.0 Å². The summed E-state index contributed by atoms with van der Waals surface area (Å²) in [5.41, 5.74) is 3.30. The van der Waals surface area contributed by atoms with Crippen LogP contribution in [0.2, 0.25) is 0 Å². The summed E-state index contributed by atoms with van der Waals surface area (Å²) in [5.74, 6) is 2.19. The number of carbonyl (C=O) groups excluding carboxylic acids is 1. The number of ether oxygens (including phenoxy) is 3. The van der Waals surface area contributed by atoms with Gasteiger partial charge in [-0.25, -0.2) is 0 Å². The molecule has 1 aromatic heterocycles. The van der Waals surface area contributed by atoms with Crippen molar-refractivity contribution in [3.8, 4) is 17.2 Å². The summed E-state index contributed by atoms with van der Waals surface area (Å²) in [5, 5.41) is 4.35. The molecule has 0 amide bonds. The van der Waals surface area contributed by atoms with Crippen LogP contribution in [-0.2, 0) is 0 Å². The van der Waals surface area contributed by atoms with Gasteiger partial charge in [0.05, 0.1) is 31.3 Å². The molecule has 3 aromatic rings. The van der Waals surface area contributed by atoms with Gasteiger partial charge in [-0.05, 0) is 56.8 Å². The summed E-state index contributed by atoms with van der Waals surface area (Å²) in [7, 11) is 3.26. The molecular formula is C26H31N3O4. The third-order valence-corrected chi connectivity index (χ3v) is 6.79. The van der Waals surface area contributed by atoms with Gasteiger partial charge < -0.3 is 24.1 Å². The minimum atomic E-state index is -0.00210. The van der Waals surface area contributed by atoms with E-state index < -0.39 is 0 Å². The molecule has 1 saturated heterocycles. The highest BCUT2D eigenvalue weighted by molar-refractivity contribution is 6.18. The number of benzene rings is 2. The first-order valence-electron chi connectivity index (χ1n) is 11.6. The minimum Gasteiger partial charge on any atom is -0.497 e. The molecule has 0 bridgehead atoms. The van der Waals surface area contributed by atoms with Crippen LogP contribution >= 0.6 is 0 Å². The van der Waals surface area contributed by atoms with Crippen molar-refractivity contribution in [1.29, 1.82) is 0 Å². The van der Waals surface area contributed by atoms with Crippen LogP contribution in [0, 0.1) is 6.92 Å². The summed E-state index contributed by atoms with van der Waals surface area (Å²) in [4.78, 5) is 16.2. The SMILES string of the molecule is COc1ccc(C(=O)c2c(C)n3c4c(cc(OC)cc24)OCC3CN2CCCNCC2)cc1. The van der Waals surface area contributed by atoms with Crippen molar-refractivity contribution >= 4 is 16.7 Å². The standard InChI is InChI=1S/C26H31N3O4/c1-17-24(26(30)18-5-7-20(31-2)8-6-18)22-13-21(32-3)14-23-25(22)29(17)19(16-33-23)15-28-11-4-9-27-10-12-28/h5-8,13-14,19,27H,4,9-12,15-16H2,1-3H3. The van der Waals surface area contributed by atoms with E-state index in [0.29, 0.717) is 23.5 Å². The molecule has 2 aliphatic heterocycles. The third-order valence-electron chi connectivity index (χ3n) is 6.79. The van der Waals surface area contributed by atoms with E-state index in [4.69, 9.17) is 14.2 Å². The van der Waals surface area contributed by atoms with Gasteiger partial charge in [0.25, 0.3) is 0 Å². The number of hydrogen-bond acceptors (Lipinski definition) is 6. The second kappa shape index (κ2) is 9.08. The van der Waals surface area contributed by atoms with Gasteiger partial charge in [0, 0.05) is 42.3 Å². The Morgan fingerprint density at radius 3 is 2.64 bits per heavy atom. The van der Waals surface area contributed by atoms with Crippen molar-refractivity contribution in [2.24, 2.45) is 0 Å². The molecule has 3 heterocycles. The quantitative estimate of drug-likeness (QED) is 0.582. The fraction of sp³-hybridized carbons (Fsp3) is 0.423. The fourth-order valence-corrected chi connectivity index (χ4v) is 5.14. The first-order valence-corrected chi connectivity index (χ1v) is 11.6. The topological polar surface area (TPSA) is 65.0 Å². The van der Waals surface area contributed by atoms with Crippen LogP contribution in [0.3, 0.4) is 0 Å². The van der Waals surface area contributed by atoms with E-state index in [1.807, 2.05) is 36.4 Å². The van der Waals surface area contributed by atoms with Gasteiger partial charge in [0.1, 0.15) is 23.9 Å². The van der Waals surface area contributed by atoms with E-state index >= 15 is 0 Å². The number of nitrogens with one attached hydrogen (secondary N) is 1. The molecule has 2 aliphatic rings. The molecule has 0 saturated carbocycles. The largest absolute Gasteiger partial charge is 0.497 e. The van der Waals surface area contributed by atoms with Crippen molar-refractivity contribution in [2.45, 2.75) is 19.4 Å². The predicted octanol–water partition coefficient (Wildman–Crippen LogP) is 3.43. The number of methoxy groups -OCH3 is 2.